The molecule has 1 saturated heterocycles. The minimum atomic E-state index is 0.236. The van der Waals surface area contributed by atoms with Gasteiger partial charge in [0.2, 0.25) is 0 Å². The van der Waals surface area contributed by atoms with Gasteiger partial charge >= 0.3 is 0 Å². The Morgan fingerprint density at radius 2 is 2.43 bits per heavy atom. The van der Waals surface area contributed by atoms with E-state index in [0.717, 1.165) is 11.3 Å². The van der Waals surface area contributed by atoms with E-state index in [0.29, 0.717) is 0 Å². The van der Waals surface area contributed by atoms with Gasteiger partial charge in [-0.25, -0.2) is 0 Å². The molecule has 2 aliphatic heterocycles. The predicted octanol–water partition coefficient (Wildman–Crippen LogP) is 1.63. The first kappa shape index (κ1) is 4.03. The molecule has 3 unspecified atom stereocenters. The standard InChI is InChI=1S/C5H8NP/c1-3-5-4(2)7(5)6-3/h4-5H,1-2H3. The van der Waals surface area contributed by atoms with Crippen molar-refractivity contribution in [2.24, 2.45) is 4.76 Å². The van der Waals surface area contributed by atoms with Crippen LogP contribution < -0.4 is 0 Å². The van der Waals surface area contributed by atoms with Crippen molar-refractivity contribution in [2.75, 3.05) is 0 Å². The van der Waals surface area contributed by atoms with Crippen LogP contribution in [0.2, 0.25) is 0 Å². The molecule has 0 radical (unpaired) electrons. The Hall–Kier alpha value is 0.100. The van der Waals surface area contributed by atoms with Gasteiger partial charge in [0.1, 0.15) is 0 Å². The zero-order valence-corrected chi connectivity index (χ0v) is 5.44. The highest BCUT2D eigenvalue weighted by Crippen LogP contribution is 2.74. The van der Waals surface area contributed by atoms with Gasteiger partial charge in [0, 0.05) is 25.1 Å². The first-order valence-electron chi connectivity index (χ1n) is 2.64. The maximum atomic E-state index is 4.36. The average Bonchev–Trinajstić information content (AvgIpc) is 2.07. The summed E-state index contributed by atoms with van der Waals surface area (Å²) in [5.41, 5.74) is 3.36. The van der Waals surface area contributed by atoms with Gasteiger partial charge in [0.25, 0.3) is 0 Å². The molecule has 0 N–H and O–H groups in total. The smallest absolute Gasteiger partial charge is 0.0458 e. The molecule has 0 bridgehead atoms. The fraction of sp³-hybridized carbons (Fsp3) is 0.800. The first-order chi connectivity index (χ1) is 3.30. The van der Waals surface area contributed by atoms with Crippen LogP contribution in [0.15, 0.2) is 4.76 Å². The minimum Gasteiger partial charge on any atom is -0.269 e. The second-order valence-electron chi connectivity index (χ2n) is 2.31. The lowest BCUT2D eigenvalue weighted by atomic mass is 10.2. The minimum absolute atomic E-state index is 0.236. The summed E-state index contributed by atoms with van der Waals surface area (Å²) in [6.07, 6.45) is 0. The molecule has 0 aromatic carbocycles. The summed E-state index contributed by atoms with van der Waals surface area (Å²) in [7, 11) is 0.236. The van der Waals surface area contributed by atoms with Crippen LogP contribution in [0.4, 0.5) is 0 Å². The van der Waals surface area contributed by atoms with Crippen molar-refractivity contribution in [3.8, 4) is 0 Å². The van der Waals surface area contributed by atoms with Crippen molar-refractivity contribution in [3.63, 3.8) is 0 Å². The van der Waals surface area contributed by atoms with E-state index in [9.17, 15) is 0 Å². The third-order valence-electron chi connectivity index (χ3n) is 1.77. The molecule has 0 aromatic rings. The fourth-order valence-corrected chi connectivity index (χ4v) is 3.33. The number of rotatable bonds is 0. The van der Waals surface area contributed by atoms with E-state index >= 15 is 0 Å². The summed E-state index contributed by atoms with van der Waals surface area (Å²) >= 11 is 0. The van der Waals surface area contributed by atoms with Gasteiger partial charge in [-0.3, -0.25) is 4.76 Å². The molecule has 0 aromatic heterocycles. The summed E-state index contributed by atoms with van der Waals surface area (Å²) in [4.78, 5) is 0. The van der Waals surface area contributed by atoms with Gasteiger partial charge in [0.15, 0.2) is 0 Å². The van der Waals surface area contributed by atoms with E-state index in [1.54, 1.807) is 0 Å². The number of hydrogen-bond acceptors (Lipinski definition) is 1. The number of fused-ring (bicyclic) bond motifs is 1. The van der Waals surface area contributed by atoms with Crippen LogP contribution in [-0.2, 0) is 0 Å². The average molecular weight is 113 g/mol. The zero-order chi connectivity index (χ0) is 5.02. The van der Waals surface area contributed by atoms with Crippen molar-refractivity contribution in [1.82, 2.24) is 0 Å². The Kier molecular flexibility index (Phi) is 0.532. The molecule has 0 spiro atoms. The molecule has 2 aliphatic rings. The maximum absolute atomic E-state index is 4.36. The van der Waals surface area contributed by atoms with Crippen LogP contribution in [0.3, 0.4) is 0 Å². The van der Waals surface area contributed by atoms with Crippen molar-refractivity contribution in [2.45, 2.75) is 25.2 Å². The molecule has 3 atom stereocenters. The van der Waals surface area contributed by atoms with Crippen LogP contribution in [0.25, 0.3) is 0 Å². The Morgan fingerprint density at radius 3 is 2.43 bits per heavy atom. The maximum Gasteiger partial charge on any atom is 0.0458 e. The van der Waals surface area contributed by atoms with Gasteiger partial charge in [-0.05, 0) is 6.92 Å². The molecule has 1 nitrogen and oxygen atoms in total. The largest absolute Gasteiger partial charge is 0.269 e. The van der Waals surface area contributed by atoms with Gasteiger partial charge in [-0.15, -0.1) is 0 Å². The normalized spacial score (nSPS) is 54.6. The van der Waals surface area contributed by atoms with Crippen molar-refractivity contribution in [1.29, 1.82) is 0 Å². The van der Waals surface area contributed by atoms with E-state index in [1.807, 2.05) is 0 Å². The van der Waals surface area contributed by atoms with Crippen LogP contribution in [0.1, 0.15) is 13.8 Å². The summed E-state index contributed by atoms with van der Waals surface area (Å²) < 4.78 is 4.36. The number of nitrogens with zero attached hydrogens (tertiary/aromatic N) is 1. The predicted molar refractivity (Wildman–Crippen MR) is 33.3 cm³/mol. The van der Waals surface area contributed by atoms with E-state index in [-0.39, 0.29) is 8.07 Å². The third-order valence-corrected chi connectivity index (χ3v) is 4.50. The lowest BCUT2D eigenvalue weighted by Gasteiger charge is -2.02. The van der Waals surface area contributed by atoms with E-state index < -0.39 is 0 Å². The molecule has 2 heterocycles. The SMILES string of the molecule is CC1=NP2C(C)C12. The molecule has 0 amide bonds. The molecule has 1 fully saturated rings. The monoisotopic (exact) mass is 113 g/mol. The second kappa shape index (κ2) is 0.925. The molecule has 0 saturated carbocycles. The van der Waals surface area contributed by atoms with Crippen LogP contribution >= 0.6 is 8.07 Å². The molecular weight excluding hydrogens is 105 g/mol. The highest BCUT2D eigenvalue weighted by atomic mass is 31.1. The Balaban J connectivity index is 2.21. The molecule has 2 heteroatoms. The van der Waals surface area contributed by atoms with Gasteiger partial charge in [-0.1, -0.05) is 6.92 Å². The Labute approximate surface area is 44.6 Å². The highest BCUT2D eigenvalue weighted by Gasteiger charge is 2.55. The van der Waals surface area contributed by atoms with Crippen molar-refractivity contribution < 1.29 is 0 Å². The number of hydrogen-bond donors (Lipinski definition) is 0. The summed E-state index contributed by atoms with van der Waals surface area (Å²) in [5, 5.41) is 0. The molecule has 2 rings (SSSR count). The second-order valence-corrected chi connectivity index (χ2v) is 4.64. The Morgan fingerprint density at radius 1 is 1.71 bits per heavy atom. The molecule has 7 heavy (non-hydrogen) atoms. The van der Waals surface area contributed by atoms with Gasteiger partial charge in [0.05, 0.1) is 0 Å². The quantitative estimate of drug-likeness (QED) is 0.423. The third kappa shape index (κ3) is 0.313. The summed E-state index contributed by atoms with van der Waals surface area (Å²) in [6, 6.07) is 0. The molecular formula is C5H8NP. The van der Waals surface area contributed by atoms with E-state index in [4.69, 9.17) is 0 Å². The van der Waals surface area contributed by atoms with Gasteiger partial charge < -0.3 is 0 Å². The fourth-order valence-electron chi connectivity index (χ4n) is 1.21. The van der Waals surface area contributed by atoms with Crippen molar-refractivity contribution >= 4 is 13.8 Å². The summed E-state index contributed by atoms with van der Waals surface area (Å²) in [6.45, 7) is 4.45. The topological polar surface area (TPSA) is 12.4 Å². The van der Waals surface area contributed by atoms with Gasteiger partial charge in [-0.2, -0.15) is 0 Å². The van der Waals surface area contributed by atoms with Crippen molar-refractivity contribution in [3.05, 3.63) is 0 Å². The van der Waals surface area contributed by atoms with Crippen LogP contribution in [0.5, 0.6) is 0 Å². The first-order valence-corrected chi connectivity index (χ1v) is 4.07. The van der Waals surface area contributed by atoms with Crippen LogP contribution in [0, 0.1) is 0 Å². The summed E-state index contributed by atoms with van der Waals surface area (Å²) in [5.74, 6) is 0. The lowest BCUT2D eigenvalue weighted by molar-refractivity contribution is 1.16. The molecule has 38 valence electrons. The molecule has 0 aliphatic carbocycles. The Bertz CT molecular complexity index is 141. The highest BCUT2D eigenvalue weighted by molar-refractivity contribution is 7.70. The van der Waals surface area contributed by atoms with Crippen LogP contribution in [-0.4, -0.2) is 17.0 Å². The lowest BCUT2D eigenvalue weighted by Crippen LogP contribution is -2.04. The van der Waals surface area contributed by atoms with E-state index in [1.165, 1.54) is 5.71 Å². The zero-order valence-electron chi connectivity index (χ0n) is 4.55. The van der Waals surface area contributed by atoms with E-state index in [2.05, 4.69) is 18.6 Å².